The monoisotopic (exact) mass is 142 g/mol. The van der Waals surface area contributed by atoms with Crippen LogP contribution >= 0.6 is 0 Å². The van der Waals surface area contributed by atoms with Crippen molar-refractivity contribution in [3.8, 4) is 0 Å². The zero-order valence-corrected chi connectivity index (χ0v) is 7.26. The highest BCUT2D eigenvalue weighted by molar-refractivity contribution is 4.78. The topological polar surface area (TPSA) is 9.23 Å². The van der Waals surface area contributed by atoms with Crippen LogP contribution in [0.2, 0.25) is 0 Å². The summed E-state index contributed by atoms with van der Waals surface area (Å²) in [5, 5.41) is 0. The van der Waals surface area contributed by atoms with E-state index in [0.29, 0.717) is 12.0 Å². The van der Waals surface area contributed by atoms with E-state index in [-0.39, 0.29) is 0 Å². The lowest BCUT2D eigenvalue weighted by Gasteiger charge is -2.18. The standard InChI is InChI=1S/C9H18O/c1-7(2)9(10-3)6-8-4-5-8/h7-9H,4-6H2,1-3H3. The molecular weight excluding hydrogens is 124 g/mol. The highest BCUT2D eigenvalue weighted by Crippen LogP contribution is 2.35. The van der Waals surface area contributed by atoms with Crippen molar-refractivity contribution >= 4 is 0 Å². The first-order valence-corrected chi connectivity index (χ1v) is 4.26. The molecule has 1 aliphatic rings. The SMILES string of the molecule is COC(CC1CC1)C(C)C. The molecule has 0 aromatic rings. The minimum atomic E-state index is 0.507. The molecule has 0 N–H and O–H groups in total. The molecule has 10 heavy (non-hydrogen) atoms. The Hall–Kier alpha value is -0.0400. The van der Waals surface area contributed by atoms with Crippen LogP contribution in [0.3, 0.4) is 0 Å². The van der Waals surface area contributed by atoms with Gasteiger partial charge in [0.2, 0.25) is 0 Å². The summed E-state index contributed by atoms with van der Waals surface area (Å²) >= 11 is 0. The molecule has 0 spiro atoms. The van der Waals surface area contributed by atoms with Gasteiger partial charge in [0.1, 0.15) is 0 Å². The Labute approximate surface area is 63.8 Å². The molecule has 1 unspecified atom stereocenters. The first kappa shape index (κ1) is 8.06. The summed E-state index contributed by atoms with van der Waals surface area (Å²) in [7, 11) is 1.83. The zero-order chi connectivity index (χ0) is 7.56. The van der Waals surface area contributed by atoms with E-state index >= 15 is 0 Å². The third-order valence-corrected chi connectivity index (χ3v) is 2.31. The number of hydrogen-bond donors (Lipinski definition) is 0. The molecule has 1 fully saturated rings. The van der Waals surface area contributed by atoms with E-state index in [1.54, 1.807) is 0 Å². The Balaban J connectivity index is 2.17. The third kappa shape index (κ3) is 2.30. The summed E-state index contributed by atoms with van der Waals surface area (Å²) in [6, 6.07) is 0. The molecule has 0 aromatic heterocycles. The molecule has 0 radical (unpaired) electrons. The average molecular weight is 142 g/mol. The van der Waals surface area contributed by atoms with Crippen molar-refractivity contribution in [1.29, 1.82) is 0 Å². The molecule has 0 bridgehead atoms. The van der Waals surface area contributed by atoms with Crippen LogP contribution < -0.4 is 0 Å². The predicted octanol–water partition coefficient (Wildman–Crippen LogP) is 2.46. The normalized spacial score (nSPS) is 21.6. The summed E-state index contributed by atoms with van der Waals surface area (Å²) in [4.78, 5) is 0. The van der Waals surface area contributed by atoms with Gasteiger partial charge in [-0.25, -0.2) is 0 Å². The van der Waals surface area contributed by atoms with E-state index < -0.39 is 0 Å². The fourth-order valence-corrected chi connectivity index (χ4v) is 1.32. The lowest BCUT2D eigenvalue weighted by molar-refractivity contribution is 0.0537. The summed E-state index contributed by atoms with van der Waals surface area (Å²) in [5.74, 6) is 1.68. The highest BCUT2D eigenvalue weighted by atomic mass is 16.5. The Morgan fingerprint density at radius 2 is 2.00 bits per heavy atom. The van der Waals surface area contributed by atoms with Gasteiger partial charge in [-0.1, -0.05) is 26.7 Å². The largest absolute Gasteiger partial charge is 0.381 e. The van der Waals surface area contributed by atoms with Crippen molar-refractivity contribution in [2.24, 2.45) is 11.8 Å². The molecule has 0 amide bonds. The van der Waals surface area contributed by atoms with Crippen LogP contribution in [0.5, 0.6) is 0 Å². The summed E-state index contributed by atoms with van der Waals surface area (Å²) < 4.78 is 5.36. The molecule has 1 saturated carbocycles. The number of methoxy groups -OCH3 is 1. The van der Waals surface area contributed by atoms with Crippen LogP contribution in [0.15, 0.2) is 0 Å². The average Bonchev–Trinajstić information content (AvgIpc) is 2.64. The van der Waals surface area contributed by atoms with Gasteiger partial charge in [0, 0.05) is 7.11 Å². The molecule has 1 rings (SSSR count). The fourth-order valence-electron chi connectivity index (χ4n) is 1.32. The maximum absolute atomic E-state index is 5.36. The van der Waals surface area contributed by atoms with Gasteiger partial charge in [-0.05, 0) is 18.3 Å². The molecule has 0 saturated heterocycles. The Bertz CT molecular complexity index is 94.9. The van der Waals surface area contributed by atoms with Crippen molar-refractivity contribution in [3.05, 3.63) is 0 Å². The van der Waals surface area contributed by atoms with Crippen molar-refractivity contribution in [3.63, 3.8) is 0 Å². The second kappa shape index (κ2) is 3.38. The molecular formula is C9H18O. The summed E-state index contributed by atoms with van der Waals surface area (Å²) in [6.45, 7) is 4.47. The van der Waals surface area contributed by atoms with Crippen LogP contribution in [-0.2, 0) is 4.74 Å². The van der Waals surface area contributed by atoms with E-state index in [0.717, 1.165) is 5.92 Å². The maximum Gasteiger partial charge on any atom is 0.0596 e. The van der Waals surface area contributed by atoms with Gasteiger partial charge in [-0.2, -0.15) is 0 Å². The third-order valence-electron chi connectivity index (χ3n) is 2.31. The van der Waals surface area contributed by atoms with Gasteiger partial charge in [0.15, 0.2) is 0 Å². The van der Waals surface area contributed by atoms with Crippen LogP contribution in [-0.4, -0.2) is 13.2 Å². The smallest absolute Gasteiger partial charge is 0.0596 e. The van der Waals surface area contributed by atoms with E-state index in [1.165, 1.54) is 19.3 Å². The highest BCUT2D eigenvalue weighted by Gasteiger charge is 2.26. The minimum Gasteiger partial charge on any atom is -0.381 e. The van der Waals surface area contributed by atoms with Crippen molar-refractivity contribution in [1.82, 2.24) is 0 Å². The second-order valence-electron chi connectivity index (χ2n) is 3.70. The van der Waals surface area contributed by atoms with Crippen LogP contribution in [0, 0.1) is 11.8 Å². The van der Waals surface area contributed by atoms with Crippen molar-refractivity contribution in [2.75, 3.05) is 7.11 Å². The van der Waals surface area contributed by atoms with Gasteiger partial charge in [0.05, 0.1) is 6.10 Å². The molecule has 1 atom stereocenters. The maximum atomic E-state index is 5.36. The minimum absolute atomic E-state index is 0.507. The van der Waals surface area contributed by atoms with Crippen molar-refractivity contribution < 1.29 is 4.74 Å². The predicted molar refractivity (Wildman–Crippen MR) is 43.0 cm³/mol. The lowest BCUT2D eigenvalue weighted by Crippen LogP contribution is -2.18. The quantitative estimate of drug-likeness (QED) is 0.586. The van der Waals surface area contributed by atoms with Crippen LogP contribution in [0.25, 0.3) is 0 Å². The first-order chi connectivity index (χ1) is 4.74. The molecule has 0 aliphatic heterocycles. The number of ether oxygens (including phenoxy) is 1. The van der Waals surface area contributed by atoms with Gasteiger partial charge >= 0.3 is 0 Å². The van der Waals surface area contributed by atoms with Gasteiger partial charge in [-0.3, -0.25) is 0 Å². The molecule has 0 heterocycles. The summed E-state index contributed by atoms with van der Waals surface area (Å²) in [5.41, 5.74) is 0. The van der Waals surface area contributed by atoms with E-state index in [9.17, 15) is 0 Å². The van der Waals surface area contributed by atoms with E-state index in [2.05, 4.69) is 13.8 Å². The van der Waals surface area contributed by atoms with Crippen LogP contribution in [0.4, 0.5) is 0 Å². The Morgan fingerprint density at radius 3 is 2.30 bits per heavy atom. The lowest BCUT2D eigenvalue weighted by atomic mass is 10.0. The second-order valence-corrected chi connectivity index (χ2v) is 3.70. The molecule has 1 aliphatic carbocycles. The number of rotatable bonds is 4. The molecule has 1 nitrogen and oxygen atoms in total. The zero-order valence-electron chi connectivity index (χ0n) is 7.26. The van der Waals surface area contributed by atoms with Gasteiger partial charge < -0.3 is 4.74 Å². The summed E-state index contributed by atoms with van der Waals surface area (Å²) in [6.07, 6.45) is 4.67. The van der Waals surface area contributed by atoms with Gasteiger partial charge in [-0.15, -0.1) is 0 Å². The first-order valence-electron chi connectivity index (χ1n) is 4.26. The Morgan fingerprint density at radius 1 is 1.40 bits per heavy atom. The molecule has 60 valence electrons. The fraction of sp³-hybridized carbons (Fsp3) is 1.00. The van der Waals surface area contributed by atoms with Gasteiger partial charge in [0.25, 0.3) is 0 Å². The molecule has 0 aromatic carbocycles. The van der Waals surface area contributed by atoms with Crippen LogP contribution in [0.1, 0.15) is 33.1 Å². The van der Waals surface area contributed by atoms with Crippen molar-refractivity contribution in [2.45, 2.75) is 39.2 Å². The Kier molecular flexibility index (Phi) is 2.72. The van der Waals surface area contributed by atoms with E-state index in [1.807, 2.05) is 7.11 Å². The molecule has 1 heteroatoms. The van der Waals surface area contributed by atoms with E-state index in [4.69, 9.17) is 4.74 Å². The number of hydrogen-bond acceptors (Lipinski definition) is 1.